The summed E-state index contributed by atoms with van der Waals surface area (Å²) in [6, 6.07) is 34.6. The molecule has 5 aromatic rings. The van der Waals surface area contributed by atoms with Crippen molar-refractivity contribution in [1.29, 1.82) is 0 Å². The number of hydrogen-bond acceptors (Lipinski definition) is 2. The monoisotopic (exact) mass is 605 g/mol. The molecule has 0 atom stereocenters. The fourth-order valence-corrected chi connectivity index (χ4v) is 3.32. The summed E-state index contributed by atoms with van der Waals surface area (Å²) in [6.45, 7) is 8.01. The molecule has 0 unspecified atom stereocenters. The molecule has 2 aromatic heterocycles. The fraction of sp³-hybridized carbons (Fsp3) is 0.0667. The molecule has 0 aliphatic heterocycles. The number of rotatable bonds is 3. The van der Waals surface area contributed by atoms with Gasteiger partial charge >= 0.3 is 0 Å². The number of aryl methyl sites for hydroxylation is 2. The molecule has 5 rings (SSSR count). The van der Waals surface area contributed by atoms with Crippen LogP contribution in [0.3, 0.4) is 0 Å². The van der Waals surface area contributed by atoms with Gasteiger partial charge in [-0.2, -0.15) is 0 Å². The minimum absolute atomic E-state index is 0. The van der Waals surface area contributed by atoms with E-state index in [4.69, 9.17) is 4.98 Å². The molecule has 0 N–H and O–H groups in total. The van der Waals surface area contributed by atoms with Crippen molar-refractivity contribution in [2.24, 2.45) is 0 Å². The second-order valence-corrected chi connectivity index (χ2v) is 7.56. The first-order valence-corrected chi connectivity index (χ1v) is 10.5. The van der Waals surface area contributed by atoms with E-state index >= 15 is 0 Å². The third-order valence-corrected chi connectivity index (χ3v) is 5.30. The number of aromatic nitrogens is 2. The van der Waals surface area contributed by atoms with Crippen LogP contribution in [0.15, 0.2) is 97.7 Å². The summed E-state index contributed by atoms with van der Waals surface area (Å²) in [5, 5.41) is 1.13. The molecule has 0 fully saturated rings. The third kappa shape index (κ3) is 6.10. The molecule has 2 heterocycles. The topological polar surface area (TPSA) is 25.8 Å². The molecule has 165 valence electrons. The van der Waals surface area contributed by atoms with Crippen LogP contribution in [-0.4, -0.2) is 9.97 Å². The molecular formula is C30H24IrN2-2. The maximum absolute atomic E-state index is 4.73. The molecule has 0 amide bonds. The number of hydrogen-bond donors (Lipinski definition) is 0. The molecule has 0 saturated carbocycles. The number of benzene rings is 3. The van der Waals surface area contributed by atoms with Crippen molar-refractivity contribution in [3.05, 3.63) is 127 Å². The molecule has 0 aliphatic rings. The Kier molecular flexibility index (Phi) is 8.43. The van der Waals surface area contributed by atoms with Crippen LogP contribution in [0.4, 0.5) is 0 Å². The van der Waals surface area contributed by atoms with E-state index in [0.29, 0.717) is 0 Å². The molecule has 1 radical (unpaired) electrons. The van der Waals surface area contributed by atoms with Gasteiger partial charge in [0.25, 0.3) is 0 Å². The van der Waals surface area contributed by atoms with Gasteiger partial charge in [-0.05, 0) is 40.5 Å². The van der Waals surface area contributed by atoms with Gasteiger partial charge < -0.3 is 4.98 Å². The summed E-state index contributed by atoms with van der Waals surface area (Å²) < 4.78 is 0. The van der Waals surface area contributed by atoms with Crippen LogP contribution in [0.1, 0.15) is 16.7 Å². The quantitative estimate of drug-likeness (QED) is 0.199. The van der Waals surface area contributed by atoms with Crippen molar-refractivity contribution in [2.75, 3.05) is 0 Å². The summed E-state index contributed by atoms with van der Waals surface area (Å²) in [6.07, 6.45) is 3.64. The van der Waals surface area contributed by atoms with E-state index in [9.17, 15) is 0 Å². The van der Waals surface area contributed by atoms with E-state index in [1.807, 2.05) is 66.7 Å². The Bertz CT molecular complexity index is 1310. The van der Waals surface area contributed by atoms with Crippen molar-refractivity contribution in [3.63, 3.8) is 0 Å². The molecular weight excluding hydrogens is 581 g/mol. The van der Waals surface area contributed by atoms with Gasteiger partial charge in [-0.1, -0.05) is 56.8 Å². The Morgan fingerprint density at radius 2 is 1.64 bits per heavy atom. The van der Waals surface area contributed by atoms with Gasteiger partial charge in [0, 0.05) is 26.3 Å². The minimum Gasteiger partial charge on any atom is -0.305 e. The maximum Gasteiger partial charge on any atom is 0.0595 e. The van der Waals surface area contributed by atoms with Crippen molar-refractivity contribution in [2.45, 2.75) is 13.8 Å². The van der Waals surface area contributed by atoms with Crippen molar-refractivity contribution in [3.8, 4) is 22.5 Å². The summed E-state index contributed by atoms with van der Waals surface area (Å²) in [5.74, 6) is 0. The Balaban J connectivity index is 0.000000202. The number of nitrogens with zero attached hydrogens (tertiary/aromatic N) is 2. The van der Waals surface area contributed by atoms with Crippen LogP contribution in [-0.2, 0) is 20.1 Å². The van der Waals surface area contributed by atoms with Gasteiger partial charge in [0.05, 0.1) is 5.52 Å². The Hall–Kier alpha value is -3.39. The predicted octanol–water partition coefficient (Wildman–Crippen LogP) is 7.51. The van der Waals surface area contributed by atoms with Crippen LogP contribution < -0.4 is 0 Å². The van der Waals surface area contributed by atoms with E-state index in [0.717, 1.165) is 39.0 Å². The second-order valence-electron chi connectivity index (χ2n) is 7.56. The van der Waals surface area contributed by atoms with Gasteiger partial charge in [-0.15, -0.1) is 70.8 Å². The average Bonchev–Trinajstić information content (AvgIpc) is 2.86. The summed E-state index contributed by atoms with van der Waals surface area (Å²) >= 11 is 0. The van der Waals surface area contributed by atoms with Gasteiger partial charge in [0.1, 0.15) is 0 Å². The predicted molar refractivity (Wildman–Crippen MR) is 134 cm³/mol. The fourth-order valence-electron chi connectivity index (χ4n) is 3.32. The number of pyridine rings is 2. The van der Waals surface area contributed by atoms with E-state index in [1.54, 1.807) is 6.20 Å². The first kappa shape index (κ1) is 24.3. The summed E-state index contributed by atoms with van der Waals surface area (Å²) in [5.41, 5.74) is 8.66. The molecule has 0 spiro atoms. The van der Waals surface area contributed by atoms with Gasteiger partial charge in [0.2, 0.25) is 0 Å². The van der Waals surface area contributed by atoms with Crippen molar-refractivity contribution in [1.82, 2.24) is 9.97 Å². The molecule has 0 aliphatic carbocycles. The van der Waals surface area contributed by atoms with Gasteiger partial charge in [0.15, 0.2) is 0 Å². The van der Waals surface area contributed by atoms with Crippen LogP contribution in [0.2, 0.25) is 0 Å². The molecule has 33 heavy (non-hydrogen) atoms. The zero-order chi connectivity index (χ0) is 22.3. The third-order valence-electron chi connectivity index (χ3n) is 5.30. The number of fused-ring (bicyclic) bond motifs is 1. The SMILES string of the molecule is C=Cc1ccc2nc(-c3[c-]cc(C)c(C)c3)ccc2c1.[Ir].[c-]1ccccc1-c1ccccn1. The van der Waals surface area contributed by atoms with Crippen molar-refractivity contribution >= 4 is 17.0 Å². The molecule has 3 aromatic carbocycles. The summed E-state index contributed by atoms with van der Waals surface area (Å²) in [4.78, 5) is 8.94. The second kappa shape index (κ2) is 11.5. The van der Waals surface area contributed by atoms with Crippen LogP contribution >= 0.6 is 0 Å². The van der Waals surface area contributed by atoms with E-state index < -0.39 is 0 Å². The zero-order valence-corrected chi connectivity index (χ0v) is 21.1. The van der Waals surface area contributed by atoms with E-state index in [-0.39, 0.29) is 20.1 Å². The molecule has 0 bridgehead atoms. The van der Waals surface area contributed by atoms with Crippen LogP contribution in [0.25, 0.3) is 39.5 Å². The smallest absolute Gasteiger partial charge is 0.0595 e. The van der Waals surface area contributed by atoms with E-state index in [2.05, 4.69) is 61.8 Å². The largest absolute Gasteiger partial charge is 0.305 e. The van der Waals surface area contributed by atoms with Gasteiger partial charge in [-0.25, -0.2) is 0 Å². The molecule has 3 heteroatoms. The zero-order valence-electron chi connectivity index (χ0n) is 18.7. The minimum atomic E-state index is 0. The maximum atomic E-state index is 4.73. The first-order valence-electron chi connectivity index (χ1n) is 10.5. The molecule has 2 nitrogen and oxygen atoms in total. The van der Waals surface area contributed by atoms with Gasteiger partial charge in [-0.3, -0.25) is 4.98 Å². The first-order chi connectivity index (χ1) is 15.6. The van der Waals surface area contributed by atoms with E-state index in [1.165, 1.54) is 11.1 Å². The Morgan fingerprint density at radius 3 is 2.33 bits per heavy atom. The summed E-state index contributed by atoms with van der Waals surface area (Å²) in [7, 11) is 0. The standard InChI is InChI=1S/C19H16N.C11H8N.Ir/c1-4-15-6-9-18-17(12-15)8-10-19(20-18)16-7-5-13(2)14(3)11-16;1-2-6-10(7-3-1)11-8-4-5-9-12-11;/h4-6,8-12H,1H2,2-3H3;1-6,8-9H;/q2*-1;. The normalized spacial score (nSPS) is 10.0. The van der Waals surface area contributed by atoms with Crippen LogP contribution in [0, 0.1) is 26.0 Å². The average molecular weight is 605 g/mol. The Morgan fingerprint density at radius 1 is 0.788 bits per heavy atom. The van der Waals surface area contributed by atoms with Crippen molar-refractivity contribution < 1.29 is 20.1 Å². The molecule has 0 saturated heterocycles. The Labute approximate surface area is 209 Å². The van der Waals surface area contributed by atoms with Crippen LogP contribution in [0.5, 0.6) is 0 Å².